The van der Waals surface area contributed by atoms with Gasteiger partial charge in [0.15, 0.2) is 0 Å². The fourth-order valence-electron chi connectivity index (χ4n) is 1.70. The number of alkyl halides is 1. The van der Waals surface area contributed by atoms with E-state index in [0.29, 0.717) is 24.2 Å². The number of carbonyl (C=O) groups is 1. The van der Waals surface area contributed by atoms with Crippen LogP contribution in [-0.2, 0) is 0 Å². The normalized spacial score (nSPS) is 20.4. The molecule has 1 heterocycles. The summed E-state index contributed by atoms with van der Waals surface area (Å²) in [4.78, 5) is 12.4. The molecule has 2 rings (SSSR count). The molecule has 1 aliphatic rings. The van der Waals surface area contributed by atoms with Crippen LogP contribution in [0.4, 0.5) is 14.9 Å². The maximum atomic E-state index is 13.4. The number of halogens is 2. The van der Waals surface area contributed by atoms with Crippen LogP contribution in [0.2, 0.25) is 0 Å². The van der Waals surface area contributed by atoms with Gasteiger partial charge in [0.2, 0.25) is 0 Å². The Morgan fingerprint density at radius 3 is 2.93 bits per heavy atom. The molecule has 1 aromatic carbocycles. The fourth-order valence-corrected chi connectivity index (χ4v) is 1.87. The summed E-state index contributed by atoms with van der Waals surface area (Å²) in [6.45, 7) is 0.348. The Hall–Kier alpha value is -1.09. The van der Waals surface area contributed by atoms with Gasteiger partial charge in [-0.15, -0.1) is 0 Å². The largest absolute Gasteiger partial charge is 0.320 e. The number of hydrogen-bond donors (Lipinski definition) is 0. The van der Waals surface area contributed by atoms with Crippen LogP contribution in [0.5, 0.6) is 0 Å². The summed E-state index contributed by atoms with van der Waals surface area (Å²) in [5.74, 6) is 0. The molecule has 2 nitrogen and oxygen atoms in total. The number of para-hydroxylation sites is 1. The van der Waals surface area contributed by atoms with E-state index in [2.05, 4.69) is 0 Å². The molecule has 14 heavy (non-hydrogen) atoms. The second-order valence-electron chi connectivity index (χ2n) is 3.22. The van der Waals surface area contributed by atoms with E-state index in [-0.39, 0.29) is 0 Å². The summed E-state index contributed by atoms with van der Waals surface area (Å²) < 4.78 is 13.4. The van der Waals surface area contributed by atoms with Crippen molar-refractivity contribution in [1.82, 2.24) is 0 Å². The fraction of sp³-hybridized carbons (Fsp3) is 0.300. The third kappa shape index (κ3) is 1.48. The molecule has 0 saturated carbocycles. The molecule has 0 saturated heterocycles. The van der Waals surface area contributed by atoms with Gasteiger partial charge in [0, 0.05) is 18.5 Å². The molecule has 1 unspecified atom stereocenters. The summed E-state index contributed by atoms with van der Waals surface area (Å²) in [5, 5.41) is -0.552. The van der Waals surface area contributed by atoms with Crippen LogP contribution in [-0.4, -0.2) is 11.9 Å². The van der Waals surface area contributed by atoms with Gasteiger partial charge in [0.05, 0.1) is 5.69 Å². The summed E-state index contributed by atoms with van der Waals surface area (Å²) >= 11 is 5.40. The van der Waals surface area contributed by atoms with Crippen molar-refractivity contribution in [3.8, 4) is 0 Å². The highest BCUT2D eigenvalue weighted by molar-refractivity contribution is 6.66. The van der Waals surface area contributed by atoms with Crippen molar-refractivity contribution < 1.29 is 9.18 Å². The van der Waals surface area contributed by atoms with Crippen molar-refractivity contribution in [2.45, 2.75) is 12.6 Å². The molecule has 0 aliphatic carbocycles. The van der Waals surface area contributed by atoms with Crippen molar-refractivity contribution in [3.05, 3.63) is 29.8 Å². The van der Waals surface area contributed by atoms with Crippen LogP contribution in [0, 0.1) is 0 Å². The van der Waals surface area contributed by atoms with Crippen molar-refractivity contribution >= 4 is 22.7 Å². The molecule has 0 radical (unpaired) electrons. The van der Waals surface area contributed by atoms with Gasteiger partial charge < -0.3 is 0 Å². The molecule has 0 fully saturated rings. The highest BCUT2D eigenvalue weighted by Gasteiger charge is 2.27. The molecular formula is C10H9ClFNO. The molecule has 0 spiro atoms. The zero-order valence-corrected chi connectivity index (χ0v) is 8.17. The Morgan fingerprint density at radius 2 is 2.21 bits per heavy atom. The van der Waals surface area contributed by atoms with Gasteiger partial charge in [-0.05, 0) is 17.7 Å². The number of amides is 1. The summed E-state index contributed by atoms with van der Waals surface area (Å²) in [7, 11) is 0. The van der Waals surface area contributed by atoms with Gasteiger partial charge in [0.1, 0.15) is 6.17 Å². The van der Waals surface area contributed by atoms with E-state index < -0.39 is 11.5 Å². The van der Waals surface area contributed by atoms with E-state index in [9.17, 15) is 9.18 Å². The molecule has 74 valence electrons. The first-order valence-electron chi connectivity index (χ1n) is 4.40. The molecule has 4 heteroatoms. The van der Waals surface area contributed by atoms with Crippen LogP contribution in [0.1, 0.15) is 18.2 Å². The molecular weight excluding hydrogens is 205 g/mol. The number of fused-ring (bicyclic) bond motifs is 1. The van der Waals surface area contributed by atoms with Crippen LogP contribution in [0.3, 0.4) is 0 Å². The number of hydrogen-bond acceptors (Lipinski definition) is 1. The number of rotatable bonds is 0. The van der Waals surface area contributed by atoms with Crippen LogP contribution >= 0.6 is 11.6 Å². The lowest BCUT2D eigenvalue weighted by molar-refractivity contribution is 0.260. The zero-order chi connectivity index (χ0) is 10.1. The third-order valence-corrected chi connectivity index (χ3v) is 2.59. The average Bonchev–Trinajstić information content (AvgIpc) is 2.18. The quantitative estimate of drug-likeness (QED) is 0.479. The maximum Gasteiger partial charge on any atom is 0.320 e. The number of benzene rings is 1. The Labute approximate surface area is 86.3 Å². The SMILES string of the molecule is O=C(Cl)N1CCC(F)c2ccccc21. The first-order chi connectivity index (χ1) is 6.70. The van der Waals surface area contributed by atoms with Crippen molar-refractivity contribution in [2.24, 2.45) is 0 Å². The van der Waals surface area contributed by atoms with Gasteiger partial charge in [-0.2, -0.15) is 0 Å². The Balaban J connectivity index is 2.46. The molecule has 0 bridgehead atoms. The first-order valence-corrected chi connectivity index (χ1v) is 4.78. The molecule has 0 N–H and O–H groups in total. The van der Waals surface area contributed by atoms with E-state index >= 15 is 0 Å². The van der Waals surface area contributed by atoms with Crippen LogP contribution in [0.25, 0.3) is 0 Å². The van der Waals surface area contributed by atoms with E-state index in [1.54, 1.807) is 24.3 Å². The molecule has 1 amide bonds. The minimum atomic E-state index is -0.988. The Bertz CT molecular complexity index is 369. The average molecular weight is 214 g/mol. The van der Waals surface area contributed by atoms with Gasteiger partial charge in [-0.1, -0.05) is 18.2 Å². The second kappa shape index (κ2) is 3.58. The summed E-state index contributed by atoms with van der Waals surface area (Å²) in [6.07, 6.45) is -0.673. The topological polar surface area (TPSA) is 20.3 Å². The monoisotopic (exact) mass is 213 g/mol. The number of nitrogens with zero attached hydrogens (tertiary/aromatic N) is 1. The maximum absolute atomic E-state index is 13.4. The smallest absolute Gasteiger partial charge is 0.298 e. The van der Waals surface area contributed by atoms with Crippen molar-refractivity contribution in [3.63, 3.8) is 0 Å². The highest BCUT2D eigenvalue weighted by Crippen LogP contribution is 2.36. The number of anilines is 1. The predicted octanol–water partition coefficient (Wildman–Crippen LogP) is 3.27. The van der Waals surface area contributed by atoms with Crippen LogP contribution in [0.15, 0.2) is 24.3 Å². The van der Waals surface area contributed by atoms with E-state index in [1.807, 2.05) is 0 Å². The van der Waals surface area contributed by atoms with Crippen molar-refractivity contribution in [2.75, 3.05) is 11.4 Å². The first kappa shape index (κ1) is 9.46. The Kier molecular flexibility index (Phi) is 2.42. The minimum absolute atomic E-state index is 0.315. The van der Waals surface area contributed by atoms with E-state index in [0.717, 1.165) is 0 Å². The predicted molar refractivity (Wildman–Crippen MR) is 53.5 cm³/mol. The van der Waals surface area contributed by atoms with Gasteiger partial charge in [0.25, 0.3) is 0 Å². The zero-order valence-electron chi connectivity index (χ0n) is 7.41. The third-order valence-electron chi connectivity index (χ3n) is 2.38. The lowest BCUT2D eigenvalue weighted by Gasteiger charge is -2.29. The Morgan fingerprint density at radius 1 is 1.50 bits per heavy atom. The molecule has 1 atom stereocenters. The van der Waals surface area contributed by atoms with E-state index in [1.165, 1.54) is 4.90 Å². The van der Waals surface area contributed by atoms with E-state index in [4.69, 9.17) is 11.6 Å². The number of carbonyl (C=O) groups excluding carboxylic acids is 1. The summed E-state index contributed by atoms with van der Waals surface area (Å²) in [6, 6.07) is 6.92. The standard InChI is InChI=1S/C10H9ClFNO/c11-10(14)13-6-5-8(12)7-3-1-2-4-9(7)13/h1-4,8H,5-6H2. The lowest BCUT2D eigenvalue weighted by atomic mass is 10.0. The molecule has 1 aliphatic heterocycles. The summed E-state index contributed by atoms with van der Waals surface area (Å²) in [5.41, 5.74) is 1.14. The van der Waals surface area contributed by atoms with Gasteiger partial charge in [-0.25, -0.2) is 4.39 Å². The molecule has 1 aromatic rings. The minimum Gasteiger partial charge on any atom is -0.298 e. The molecule has 0 aromatic heterocycles. The van der Waals surface area contributed by atoms with Crippen molar-refractivity contribution in [1.29, 1.82) is 0 Å². The van der Waals surface area contributed by atoms with Gasteiger partial charge in [-0.3, -0.25) is 9.69 Å². The van der Waals surface area contributed by atoms with Crippen LogP contribution < -0.4 is 4.90 Å². The highest BCUT2D eigenvalue weighted by atomic mass is 35.5. The lowest BCUT2D eigenvalue weighted by Crippen LogP contribution is -2.32. The second-order valence-corrected chi connectivity index (χ2v) is 3.54. The van der Waals surface area contributed by atoms with Gasteiger partial charge >= 0.3 is 5.37 Å².